The fraction of sp³-hybridized carbons (Fsp3) is 0.368. The van der Waals surface area contributed by atoms with Crippen LogP contribution in [0.15, 0.2) is 71.8 Å². The van der Waals surface area contributed by atoms with Gasteiger partial charge in [0.1, 0.15) is 11.5 Å². The van der Waals surface area contributed by atoms with Gasteiger partial charge in [-0.2, -0.15) is 0 Å². The van der Waals surface area contributed by atoms with Crippen molar-refractivity contribution < 1.29 is 18.8 Å². The van der Waals surface area contributed by atoms with Gasteiger partial charge >= 0.3 is 6.03 Å². The zero-order valence-electron chi connectivity index (χ0n) is 30.0. The number of nitrogens with one attached hydrogen (secondary N) is 2. The third-order valence-corrected chi connectivity index (χ3v) is 11.0. The number of nitrogens with zero attached hydrogens (tertiary/aromatic N) is 4. The number of hydrogen-bond acceptors (Lipinski definition) is 7. The fourth-order valence-electron chi connectivity index (χ4n) is 6.35. The Labute approximate surface area is 305 Å². The van der Waals surface area contributed by atoms with Gasteiger partial charge in [0.05, 0.1) is 24.4 Å². The molecule has 0 unspecified atom stereocenters. The molecule has 268 valence electrons. The Morgan fingerprint density at radius 2 is 1.69 bits per heavy atom. The van der Waals surface area contributed by atoms with Crippen LogP contribution in [0.5, 0.6) is 0 Å². The van der Waals surface area contributed by atoms with Crippen LogP contribution in [0, 0.1) is 0 Å². The number of aryl methyl sites for hydroxylation is 1. The number of carbonyl (C=O) groups excluding carboxylic acids is 2. The normalized spacial score (nSPS) is 15.0. The van der Waals surface area contributed by atoms with Gasteiger partial charge in [0.15, 0.2) is 9.76 Å². The Morgan fingerprint density at radius 3 is 2.39 bits per heavy atom. The maximum Gasteiger partial charge on any atom is 0.322 e. The van der Waals surface area contributed by atoms with Gasteiger partial charge in [-0.3, -0.25) is 9.59 Å². The summed E-state index contributed by atoms with van der Waals surface area (Å²) in [6.45, 7) is 13.6. The number of anilines is 3. The molecule has 2 aliphatic heterocycles. The number of fused-ring (bicyclic) bond motifs is 1. The average molecular weight is 729 g/mol. The van der Waals surface area contributed by atoms with Crippen molar-refractivity contribution in [2.75, 3.05) is 36.9 Å². The molecule has 0 bridgehead atoms. The first kappa shape index (κ1) is 36.3. The molecule has 0 atom stereocenters. The number of ether oxygens (including phenoxy) is 1. The number of aromatic nitrogens is 2. The summed E-state index contributed by atoms with van der Waals surface area (Å²) in [6, 6.07) is 16.5. The number of halogens is 1. The second-order valence-corrected chi connectivity index (χ2v) is 17.9. The van der Waals surface area contributed by atoms with Crippen LogP contribution in [0.25, 0.3) is 11.1 Å². The monoisotopic (exact) mass is 728 g/mol. The molecule has 0 aliphatic carbocycles. The van der Waals surface area contributed by atoms with Gasteiger partial charge in [-0.15, -0.1) is 0 Å². The number of amides is 3. The molecule has 0 saturated carbocycles. The lowest BCUT2D eigenvalue weighted by molar-refractivity contribution is 0.0302. The lowest BCUT2D eigenvalue weighted by Gasteiger charge is -2.34. The smallest absolute Gasteiger partial charge is 0.322 e. The number of carbonyl (C=O) groups is 2. The second kappa shape index (κ2) is 14.6. The van der Waals surface area contributed by atoms with E-state index in [9.17, 15) is 14.4 Å². The highest BCUT2D eigenvalue weighted by atomic mass is 35.5. The van der Waals surface area contributed by atoms with E-state index in [4.69, 9.17) is 20.8 Å². The Hall–Kier alpha value is -4.49. The van der Waals surface area contributed by atoms with Gasteiger partial charge in [0.2, 0.25) is 0 Å². The van der Waals surface area contributed by atoms with E-state index in [1.54, 1.807) is 41.2 Å². The van der Waals surface area contributed by atoms with Crippen LogP contribution in [0.2, 0.25) is 10.1 Å². The Bertz CT molecular complexity index is 2000. The van der Waals surface area contributed by atoms with Crippen LogP contribution in [-0.4, -0.2) is 67.4 Å². The van der Waals surface area contributed by atoms with Crippen LogP contribution in [-0.2, 0) is 34.9 Å². The molecule has 2 aliphatic rings. The third kappa shape index (κ3) is 8.36. The molecule has 2 aromatic carbocycles. The molecule has 2 N–H and O–H groups in total. The van der Waals surface area contributed by atoms with Gasteiger partial charge in [0, 0.05) is 67.5 Å². The summed E-state index contributed by atoms with van der Waals surface area (Å²) in [7, 11) is 0.686. The highest BCUT2D eigenvalue weighted by Gasteiger charge is 2.32. The van der Waals surface area contributed by atoms with E-state index < -0.39 is 15.4 Å². The van der Waals surface area contributed by atoms with Gasteiger partial charge in [0.25, 0.3) is 11.5 Å². The van der Waals surface area contributed by atoms with Crippen LogP contribution in [0.3, 0.4) is 0 Å². The number of urea groups is 1. The molecule has 1 fully saturated rings. The van der Waals surface area contributed by atoms with Crippen LogP contribution >= 0.6 is 11.6 Å². The van der Waals surface area contributed by atoms with Crippen molar-refractivity contribution in [1.82, 2.24) is 19.4 Å². The molecule has 11 nitrogen and oxygen atoms in total. The van der Waals surface area contributed by atoms with E-state index >= 15 is 0 Å². The molecule has 0 spiro atoms. The van der Waals surface area contributed by atoms with Crippen molar-refractivity contribution in [3.63, 3.8) is 0 Å². The summed E-state index contributed by atoms with van der Waals surface area (Å²) < 4.78 is 13.6. The first-order valence-electron chi connectivity index (χ1n) is 17.1. The molecule has 4 aromatic rings. The Kier molecular flexibility index (Phi) is 10.4. The molecule has 1 saturated heterocycles. The molecule has 51 heavy (non-hydrogen) atoms. The highest BCUT2D eigenvalue weighted by molar-refractivity contribution is 6.32. The summed E-state index contributed by atoms with van der Waals surface area (Å²) in [4.78, 5) is 48.1. The van der Waals surface area contributed by atoms with E-state index in [1.807, 2.05) is 50.2 Å². The Morgan fingerprint density at radius 1 is 0.941 bits per heavy atom. The lowest BCUT2D eigenvalue weighted by Crippen LogP contribution is -2.40. The van der Waals surface area contributed by atoms with E-state index in [0.29, 0.717) is 67.2 Å². The number of benzene rings is 2. The number of hydrogen-bond donors (Lipinski definition) is 2. The largest absolute Gasteiger partial charge is 0.414 e. The van der Waals surface area contributed by atoms with Gasteiger partial charge in [-0.1, -0.05) is 50.6 Å². The first-order chi connectivity index (χ1) is 24.2. The van der Waals surface area contributed by atoms with Crippen LogP contribution < -0.4 is 16.2 Å². The molecule has 13 heteroatoms. The molecule has 6 rings (SSSR count). The zero-order valence-corrected chi connectivity index (χ0v) is 32.2. The third-order valence-electron chi connectivity index (χ3n) is 9.02. The van der Waals surface area contributed by atoms with Crippen LogP contribution in [0.1, 0.15) is 61.7 Å². The second-order valence-electron chi connectivity index (χ2n) is 14.8. The predicted molar refractivity (Wildman–Crippen MR) is 203 cm³/mol. The summed E-state index contributed by atoms with van der Waals surface area (Å²) >= 11 is 6.23. The Balaban J connectivity index is 1.32. The highest BCUT2D eigenvalue weighted by Crippen LogP contribution is 2.41. The van der Waals surface area contributed by atoms with Gasteiger partial charge in [-0.25, -0.2) is 9.78 Å². The zero-order chi connectivity index (χ0) is 36.5. The maximum absolute atomic E-state index is 13.8. The molecule has 0 radical (unpaired) electrons. The van der Waals surface area contributed by atoms with E-state index in [2.05, 4.69) is 36.4 Å². The van der Waals surface area contributed by atoms with Gasteiger partial charge in [-0.05, 0) is 72.0 Å². The number of pyridine rings is 2. The van der Waals surface area contributed by atoms with Crippen molar-refractivity contribution in [3.8, 4) is 11.1 Å². The van der Waals surface area contributed by atoms with E-state index in [-0.39, 0.29) is 22.5 Å². The number of rotatable bonds is 8. The summed E-state index contributed by atoms with van der Waals surface area (Å²) in [5.41, 5.74) is 4.86. The van der Waals surface area contributed by atoms with Crippen molar-refractivity contribution in [3.05, 3.63) is 105 Å². The van der Waals surface area contributed by atoms with Crippen molar-refractivity contribution in [1.29, 1.82) is 0 Å². The van der Waals surface area contributed by atoms with Crippen molar-refractivity contribution in [2.24, 2.45) is 7.05 Å². The van der Waals surface area contributed by atoms with Gasteiger partial charge < -0.3 is 34.2 Å². The molecular weight excluding hydrogens is 684 g/mol. The first-order valence-corrected chi connectivity index (χ1v) is 18.8. The van der Waals surface area contributed by atoms with Crippen molar-refractivity contribution in [2.45, 2.75) is 58.3 Å². The summed E-state index contributed by atoms with van der Waals surface area (Å²) in [5.74, 6) is 0.324. The van der Waals surface area contributed by atoms with E-state index in [0.717, 1.165) is 27.8 Å². The SMILES string of the molecule is Cn1cc(-c2cccc(NC(=O)N3Cc4ccc(Cl)cc4C3)c2C(C)(C)O[SiH2]C(C)(C)C)cc(Nc2ccc(C(=O)N3CCOCC3)cn2)c1=O. The summed E-state index contributed by atoms with van der Waals surface area (Å²) in [5, 5.41) is 7.03. The molecule has 3 amide bonds. The number of morpholine rings is 1. The molecular formula is C38H45ClN6O5Si. The predicted octanol–water partition coefficient (Wildman–Crippen LogP) is 6.42. The lowest BCUT2D eigenvalue weighted by atomic mass is 9.88. The molecule has 4 heterocycles. The topological polar surface area (TPSA) is 118 Å². The molecule has 2 aromatic heterocycles. The van der Waals surface area contributed by atoms with Crippen LogP contribution in [0.4, 0.5) is 22.0 Å². The quantitative estimate of drug-likeness (QED) is 0.201. The van der Waals surface area contributed by atoms with E-state index in [1.165, 1.54) is 10.8 Å². The maximum atomic E-state index is 13.8. The standard InChI is InChI=1S/C38H45ClN6O5Si/c1-37(2,3)51-50-38(4,5)33-29(8-7-9-30(33)42-36(48)45-22-25-10-12-28(39)18-26(25)23-45)27-19-31(35(47)43(6)21-27)41-32-13-11-24(20-40-32)34(46)44-14-16-49-17-15-44/h7-13,18-21H,14-17,22-23,51H2,1-6H3,(H,40,41)(H,42,48). The minimum Gasteiger partial charge on any atom is -0.414 e. The average Bonchev–Trinajstić information content (AvgIpc) is 3.53. The minimum atomic E-state index is -1.01. The van der Waals surface area contributed by atoms with Crippen molar-refractivity contribution >= 4 is 50.5 Å². The fourth-order valence-corrected chi connectivity index (χ4v) is 7.48. The minimum absolute atomic E-state index is 0.0291. The summed E-state index contributed by atoms with van der Waals surface area (Å²) in [6.07, 6.45) is 3.30.